The number of β-amino-alcohol motifs (C(OH)–C–C–N with tert-alkyl or cyclic N) is 1. The number of hydrogen-bond acceptors (Lipinski definition) is 6. The van der Waals surface area contributed by atoms with Gasteiger partial charge in [0.15, 0.2) is 0 Å². The Hall–Kier alpha value is -3.17. The number of anilines is 2. The molecule has 0 atom stereocenters. The topological polar surface area (TPSA) is 116 Å². The van der Waals surface area contributed by atoms with Crippen LogP contribution in [0.3, 0.4) is 0 Å². The fraction of sp³-hybridized carbons (Fsp3) is 0.238. The van der Waals surface area contributed by atoms with Crippen LogP contribution in [0.25, 0.3) is 0 Å². The maximum absolute atomic E-state index is 12.8. The van der Waals surface area contributed by atoms with Crippen LogP contribution >= 0.6 is 0 Å². The third-order valence-electron chi connectivity index (χ3n) is 4.69. The third kappa shape index (κ3) is 4.37. The maximum atomic E-state index is 12.8. The summed E-state index contributed by atoms with van der Waals surface area (Å²) in [5.41, 5.74) is 3.78. The molecule has 0 spiro atoms. The van der Waals surface area contributed by atoms with E-state index in [9.17, 15) is 18.0 Å². The fourth-order valence-corrected chi connectivity index (χ4v) is 4.52. The summed E-state index contributed by atoms with van der Waals surface area (Å²) in [4.78, 5) is 25.0. The average Bonchev–Trinajstić information content (AvgIpc) is 2.93. The molecule has 1 heterocycles. The third-order valence-corrected chi connectivity index (χ3v) is 6.06. The first-order chi connectivity index (χ1) is 14.1. The molecule has 0 bridgehead atoms. The number of sulfonamides is 1. The molecule has 2 aromatic rings. The van der Waals surface area contributed by atoms with Crippen molar-refractivity contribution in [2.24, 2.45) is 0 Å². The fourth-order valence-electron chi connectivity index (χ4n) is 3.32. The van der Waals surface area contributed by atoms with Crippen molar-refractivity contribution in [2.45, 2.75) is 25.7 Å². The molecule has 0 unspecified atom stereocenters. The highest BCUT2D eigenvalue weighted by molar-refractivity contribution is 7.92. The molecule has 0 saturated carbocycles. The maximum Gasteiger partial charge on any atom is 0.277 e. The predicted molar refractivity (Wildman–Crippen MR) is 113 cm³/mol. The molecule has 0 radical (unpaired) electrons. The molecule has 0 saturated heterocycles. The van der Waals surface area contributed by atoms with E-state index in [0.29, 0.717) is 11.4 Å². The molecule has 3 N–H and O–H groups in total. The lowest BCUT2D eigenvalue weighted by molar-refractivity contribution is -0.137. The Morgan fingerprint density at radius 1 is 1.00 bits per heavy atom. The number of aliphatic hydroxyl groups excluding tert-OH is 1. The summed E-state index contributed by atoms with van der Waals surface area (Å²) < 4.78 is 28.2. The minimum atomic E-state index is -3.80. The van der Waals surface area contributed by atoms with Gasteiger partial charge in [-0.2, -0.15) is 0 Å². The summed E-state index contributed by atoms with van der Waals surface area (Å²) in [6, 6.07) is 9.66. The number of amides is 2. The molecule has 8 nitrogen and oxygen atoms in total. The normalized spacial score (nSPS) is 14.1. The summed E-state index contributed by atoms with van der Waals surface area (Å²) in [5.74, 6) is -1.05. The van der Waals surface area contributed by atoms with Gasteiger partial charge in [0.05, 0.1) is 23.7 Å². The van der Waals surface area contributed by atoms with Gasteiger partial charge in [-0.15, -0.1) is 0 Å². The summed E-state index contributed by atoms with van der Waals surface area (Å²) in [6.45, 7) is 5.24. The van der Waals surface area contributed by atoms with Crippen LogP contribution < -0.4 is 10.0 Å². The van der Waals surface area contributed by atoms with E-state index in [0.717, 1.165) is 27.7 Å². The van der Waals surface area contributed by atoms with Crippen molar-refractivity contribution < 1.29 is 23.1 Å². The molecule has 0 aliphatic carbocycles. The van der Waals surface area contributed by atoms with Gasteiger partial charge < -0.3 is 10.4 Å². The number of carbonyl (C=O) groups is 2. The van der Waals surface area contributed by atoms with Crippen LogP contribution in [0.5, 0.6) is 0 Å². The molecule has 2 amide bonds. The van der Waals surface area contributed by atoms with Gasteiger partial charge in [0.25, 0.3) is 21.8 Å². The highest BCUT2D eigenvalue weighted by atomic mass is 32.2. The van der Waals surface area contributed by atoms with E-state index < -0.39 is 21.8 Å². The number of imide groups is 1. The number of nitrogens with one attached hydrogen (secondary N) is 2. The van der Waals surface area contributed by atoms with E-state index in [1.165, 1.54) is 24.3 Å². The zero-order valence-electron chi connectivity index (χ0n) is 16.9. The van der Waals surface area contributed by atoms with Crippen molar-refractivity contribution in [1.29, 1.82) is 0 Å². The second kappa shape index (κ2) is 8.29. The molecule has 2 aromatic carbocycles. The van der Waals surface area contributed by atoms with E-state index in [-0.39, 0.29) is 23.7 Å². The predicted octanol–water partition coefficient (Wildman–Crippen LogP) is 2.07. The van der Waals surface area contributed by atoms with Gasteiger partial charge >= 0.3 is 0 Å². The van der Waals surface area contributed by atoms with Gasteiger partial charge in [0.1, 0.15) is 5.70 Å². The highest BCUT2D eigenvalue weighted by Gasteiger charge is 2.30. The molecule has 9 heteroatoms. The Kier molecular flexibility index (Phi) is 5.95. The Bertz CT molecular complexity index is 1110. The first kappa shape index (κ1) is 21.5. The lowest BCUT2D eigenvalue weighted by Crippen LogP contribution is -2.34. The number of carbonyl (C=O) groups excluding carboxylic acids is 2. The quantitative estimate of drug-likeness (QED) is 0.581. The summed E-state index contributed by atoms with van der Waals surface area (Å²) >= 11 is 0. The van der Waals surface area contributed by atoms with Crippen LogP contribution in [0, 0.1) is 20.8 Å². The van der Waals surface area contributed by atoms with Gasteiger partial charge in [0.2, 0.25) is 0 Å². The molecule has 158 valence electrons. The van der Waals surface area contributed by atoms with Gasteiger partial charge in [0, 0.05) is 11.8 Å². The molecule has 1 aliphatic rings. The second-order valence-corrected chi connectivity index (χ2v) is 8.79. The average molecular weight is 429 g/mol. The van der Waals surface area contributed by atoms with E-state index in [1.54, 1.807) is 0 Å². The van der Waals surface area contributed by atoms with Crippen LogP contribution in [0.15, 0.2) is 53.1 Å². The summed E-state index contributed by atoms with van der Waals surface area (Å²) in [7, 11) is -3.80. The van der Waals surface area contributed by atoms with Crippen molar-refractivity contribution >= 4 is 33.2 Å². The highest BCUT2D eigenvalue weighted by Crippen LogP contribution is 2.26. The van der Waals surface area contributed by atoms with Crippen LogP contribution in [0.1, 0.15) is 16.7 Å². The van der Waals surface area contributed by atoms with Gasteiger partial charge in [-0.1, -0.05) is 17.7 Å². The monoisotopic (exact) mass is 429 g/mol. The minimum absolute atomic E-state index is 0.0630. The van der Waals surface area contributed by atoms with Crippen molar-refractivity contribution in [1.82, 2.24) is 4.90 Å². The van der Waals surface area contributed by atoms with Crippen molar-refractivity contribution in [3.63, 3.8) is 0 Å². The summed E-state index contributed by atoms with van der Waals surface area (Å²) in [5, 5.41) is 11.8. The van der Waals surface area contributed by atoms with Gasteiger partial charge in [-0.3, -0.25) is 19.2 Å². The molecule has 0 fully saturated rings. The SMILES string of the molecule is Cc1cc(C)c(NS(=O)(=O)c2ccc(NC3=CC(=O)N(CCO)C3=O)cc2)c(C)c1. The number of aryl methyl sites for hydroxylation is 3. The molecular formula is C21H23N3O5S. The van der Waals surface area contributed by atoms with E-state index in [4.69, 9.17) is 5.11 Å². The van der Waals surface area contributed by atoms with Crippen molar-refractivity contribution in [3.8, 4) is 0 Å². The number of rotatable bonds is 7. The lowest BCUT2D eigenvalue weighted by Gasteiger charge is -2.15. The molecule has 3 rings (SSSR count). The van der Waals surface area contributed by atoms with Crippen LogP contribution in [0.4, 0.5) is 11.4 Å². The number of hydrogen-bond donors (Lipinski definition) is 3. The van der Waals surface area contributed by atoms with Crippen molar-refractivity contribution in [2.75, 3.05) is 23.2 Å². The second-order valence-electron chi connectivity index (χ2n) is 7.11. The van der Waals surface area contributed by atoms with E-state index >= 15 is 0 Å². The molecule has 1 aliphatic heterocycles. The minimum Gasteiger partial charge on any atom is -0.395 e. The first-order valence-corrected chi connectivity index (χ1v) is 10.8. The first-order valence-electron chi connectivity index (χ1n) is 9.28. The van der Waals surface area contributed by atoms with Crippen LogP contribution in [-0.2, 0) is 19.6 Å². The Labute approximate surface area is 175 Å². The molecular weight excluding hydrogens is 406 g/mol. The summed E-state index contributed by atoms with van der Waals surface area (Å²) in [6.07, 6.45) is 1.15. The number of benzene rings is 2. The van der Waals surface area contributed by atoms with E-state index in [1.807, 2.05) is 32.9 Å². The Balaban J connectivity index is 1.77. The lowest BCUT2D eigenvalue weighted by atomic mass is 10.1. The van der Waals surface area contributed by atoms with Gasteiger partial charge in [-0.05, 0) is 56.2 Å². The number of aliphatic hydroxyl groups is 1. The smallest absolute Gasteiger partial charge is 0.277 e. The Morgan fingerprint density at radius 2 is 1.60 bits per heavy atom. The number of nitrogens with zero attached hydrogens (tertiary/aromatic N) is 1. The van der Waals surface area contributed by atoms with Crippen LogP contribution in [0.2, 0.25) is 0 Å². The zero-order valence-corrected chi connectivity index (χ0v) is 17.7. The largest absolute Gasteiger partial charge is 0.395 e. The Morgan fingerprint density at radius 3 is 2.17 bits per heavy atom. The van der Waals surface area contributed by atoms with E-state index in [2.05, 4.69) is 10.0 Å². The van der Waals surface area contributed by atoms with Crippen LogP contribution in [-0.4, -0.2) is 43.4 Å². The standard InChI is InChI=1S/C21H23N3O5S/c1-13-10-14(2)20(15(3)11-13)23-30(28,29)17-6-4-16(5-7-17)22-18-12-19(26)24(8-9-25)21(18)27/h4-7,10-12,22-23,25H,8-9H2,1-3H3. The molecule has 30 heavy (non-hydrogen) atoms. The molecule has 0 aromatic heterocycles. The van der Waals surface area contributed by atoms with Gasteiger partial charge in [-0.25, -0.2) is 8.42 Å². The van der Waals surface area contributed by atoms with Crippen molar-refractivity contribution in [3.05, 3.63) is 64.9 Å². The zero-order chi connectivity index (χ0) is 22.1.